The van der Waals surface area contributed by atoms with Crippen molar-refractivity contribution in [1.82, 2.24) is 25.1 Å². The molecular formula is C27H31ClN6O2. The zero-order valence-electron chi connectivity index (χ0n) is 20.9. The molecule has 2 aromatic heterocycles. The summed E-state index contributed by atoms with van der Waals surface area (Å²) in [6, 6.07) is 9.90. The third-order valence-corrected chi connectivity index (χ3v) is 7.12. The number of benzene rings is 2. The molecule has 0 saturated carbocycles. The second-order valence-corrected chi connectivity index (χ2v) is 9.43. The Labute approximate surface area is 216 Å². The van der Waals surface area contributed by atoms with E-state index < -0.39 is 0 Å². The number of fused-ring (bicyclic) bond motifs is 1. The number of halogens is 1. The van der Waals surface area contributed by atoms with Gasteiger partial charge in [-0.3, -0.25) is 10.1 Å². The van der Waals surface area contributed by atoms with Crippen molar-refractivity contribution >= 4 is 34.0 Å². The van der Waals surface area contributed by atoms with Crippen LogP contribution in [0.3, 0.4) is 0 Å². The molecule has 1 fully saturated rings. The summed E-state index contributed by atoms with van der Waals surface area (Å²) in [6.07, 6.45) is 7.13. The lowest BCUT2D eigenvalue weighted by atomic mass is 10.1. The van der Waals surface area contributed by atoms with Crippen molar-refractivity contribution in [2.24, 2.45) is 0 Å². The van der Waals surface area contributed by atoms with Gasteiger partial charge in [-0.15, -0.1) is 0 Å². The number of methoxy groups -OCH3 is 2. The Morgan fingerprint density at radius 2 is 1.89 bits per heavy atom. The Morgan fingerprint density at radius 1 is 1.06 bits per heavy atom. The smallest absolute Gasteiger partial charge is 0.143 e. The van der Waals surface area contributed by atoms with Crippen LogP contribution in [0.1, 0.15) is 25.0 Å². The molecule has 1 saturated heterocycles. The Morgan fingerprint density at radius 3 is 2.61 bits per heavy atom. The minimum absolute atomic E-state index is 0.549. The number of anilines is 2. The van der Waals surface area contributed by atoms with Crippen molar-refractivity contribution in [2.75, 3.05) is 45.3 Å². The Kier molecular flexibility index (Phi) is 7.25. The van der Waals surface area contributed by atoms with E-state index in [0.29, 0.717) is 16.5 Å². The number of nitrogens with one attached hydrogen (secondary N) is 1. The highest BCUT2D eigenvalue weighted by atomic mass is 35.5. The van der Waals surface area contributed by atoms with Crippen molar-refractivity contribution in [2.45, 2.75) is 26.2 Å². The number of aryl methyl sites for hydroxylation is 1. The minimum Gasteiger partial charge on any atom is -0.497 e. The molecule has 8 nitrogen and oxygen atoms in total. The summed E-state index contributed by atoms with van der Waals surface area (Å²) in [5, 5.41) is 7.65. The molecule has 1 aliphatic rings. The quantitative estimate of drug-likeness (QED) is 0.315. The van der Waals surface area contributed by atoms with Crippen LogP contribution in [0.5, 0.6) is 11.5 Å². The molecule has 0 aliphatic carbocycles. The SMILES string of the molecule is COc1cc(OC)c(Cl)c(N(CCCN2CCCC2)c2ccc3ncc(-c4cn[nH]c4C)nc3c2)c1. The van der Waals surface area contributed by atoms with Crippen LogP contribution in [0.4, 0.5) is 11.4 Å². The number of hydrogen-bond acceptors (Lipinski definition) is 7. The van der Waals surface area contributed by atoms with Crippen molar-refractivity contribution in [1.29, 1.82) is 0 Å². The molecule has 0 spiro atoms. The van der Waals surface area contributed by atoms with E-state index in [0.717, 1.165) is 58.9 Å². The first-order valence-electron chi connectivity index (χ1n) is 12.3. The maximum atomic E-state index is 6.85. The highest BCUT2D eigenvalue weighted by Crippen LogP contribution is 2.42. The minimum atomic E-state index is 0.549. The van der Waals surface area contributed by atoms with Gasteiger partial charge in [0.05, 0.1) is 49.0 Å². The summed E-state index contributed by atoms with van der Waals surface area (Å²) in [5.74, 6) is 1.27. The molecule has 5 rings (SSSR count). The second kappa shape index (κ2) is 10.7. The average molecular weight is 507 g/mol. The van der Waals surface area contributed by atoms with E-state index in [-0.39, 0.29) is 0 Å². The molecule has 2 aromatic carbocycles. The van der Waals surface area contributed by atoms with Gasteiger partial charge in [-0.25, -0.2) is 4.98 Å². The number of aromatic nitrogens is 4. The van der Waals surface area contributed by atoms with Gasteiger partial charge in [0.2, 0.25) is 0 Å². The maximum absolute atomic E-state index is 6.85. The first kappa shape index (κ1) is 24.3. The lowest BCUT2D eigenvalue weighted by Crippen LogP contribution is -2.26. The fourth-order valence-corrected chi connectivity index (χ4v) is 5.06. The third kappa shape index (κ3) is 4.96. The molecule has 3 heterocycles. The monoisotopic (exact) mass is 506 g/mol. The number of H-pyrrole nitrogens is 1. The van der Waals surface area contributed by atoms with Gasteiger partial charge in [-0.1, -0.05) is 11.6 Å². The molecule has 1 aliphatic heterocycles. The molecule has 36 heavy (non-hydrogen) atoms. The lowest BCUT2D eigenvalue weighted by molar-refractivity contribution is 0.336. The standard InChI is InChI=1S/C27H31ClN6O2/c1-18-21(16-30-32-18)24-17-29-22-8-7-19(13-23(22)31-24)34(12-6-11-33-9-4-5-10-33)25-14-20(35-2)15-26(36-3)27(25)28/h7-8,13-17H,4-6,9-12H2,1-3H3,(H,30,32). The summed E-state index contributed by atoms with van der Waals surface area (Å²) in [7, 11) is 3.27. The topological polar surface area (TPSA) is 79.4 Å². The summed E-state index contributed by atoms with van der Waals surface area (Å²) in [6.45, 7) is 6.16. The van der Waals surface area contributed by atoms with Crippen molar-refractivity contribution in [3.8, 4) is 22.8 Å². The molecule has 9 heteroatoms. The molecule has 0 unspecified atom stereocenters. The van der Waals surface area contributed by atoms with Gasteiger partial charge in [-0.2, -0.15) is 5.10 Å². The average Bonchev–Trinajstić information content (AvgIpc) is 3.58. The fraction of sp³-hybridized carbons (Fsp3) is 0.370. The largest absolute Gasteiger partial charge is 0.497 e. The molecule has 0 bridgehead atoms. The first-order chi connectivity index (χ1) is 17.6. The van der Waals surface area contributed by atoms with Gasteiger partial charge < -0.3 is 19.3 Å². The van der Waals surface area contributed by atoms with Gasteiger partial charge in [0.25, 0.3) is 0 Å². The Bertz CT molecular complexity index is 1350. The summed E-state index contributed by atoms with van der Waals surface area (Å²) in [5.41, 5.74) is 6.14. The lowest BCUT2D eigenvalue weighted by Gasteiger charge is -2.28. The molecule has 0 atom stereocenters. The first-order valence-corrected chi connectivity index (χ1v) is 12.6. The Hall–Kier alpha value is -3.36. The molecule has 0 amide bonds. The van der Waals surface area contributed by atoms with Crippen LogP contribution in [0.2, 0.25) is 5.02 Å². The van der Waals surface area contributed by atoms with E-state index in [1.54, 1.807) is 32.7 Å². The summed E-state index contributed by atoms with van der Waals surface area (Å²) < 4.78 is 11.1. The van der Waals surface area contributed by atoms with E-state index in [9.17, 15) is 0 Å². The van der Waals surface area contributed by atoms with E-state index >= 15 is 0 Å². The summed E-state index contributed by atoms with van der Waals surface area (Å²) in [4.78, 5) is 14.3. The van der Waals surface area contributed by atoms with Crippen LogP contribution in [-0.2, 0) is 0 Å². The van der Waals surface area contributed by atoms with Gasteiger partial charge in [0.15, 0.2) is 0 Å². The van der Waals surface area contributed by atoms with Gasteiger partial charge >= 0.3 is 0 Å². The number of nitrogens with zero attached hydrogens (tertiary/aromatic N) is 5. The van der Waals surface area contributed by atoms with Crippen LogP contribution in [0, 0.1) is 6.92 Å². The van der Waals surface area contributed by atoms with Crippen LogP contribution >= 0.6 is 11.6 Å². The maximum Gasteiger partial charge on any atom is 0.143 e. The van der Waals surface area contributed by atoms with Crippen LogP contribution in [0.15, 0.2) is 42.7 Å². The zero-order chi connectivity index (χ0) is 25.1. The normalized spacial score (nSPS) is 13.9. The van der Waals surface area contributed by atoms with Crippen molar-refractivity contribution in [3.05, 3.63) is 53.4 Å². The third-order valence-electron chi connectivity index (χ3n) is 6.74. The van der Waals surface area contributed by atoms with Crippen LogP contribution in [-0.4, -0.2) is 65.5 Å². The van der Waals surface area contributed by atoms with Crippen LogP contribution in [0.25, 0.3) is 22.3 Å². The molecule has 1 N–H and O–H groups in total. The highest BCUT2D eigenvalue weighted by Gasteiger charge is 2.20. The molecular weight excluding hydrogens is 476 g/mol. The number of hydrogen-bond donors (Lipinski definition) is 1. The van der Waals surface area contributed by atoms with E-state index in [2.05, 4.69) is 37.1 Å². The number of rotatable bonds is 9. The van der Waals surface area contributed by atoms with Crippen LogP contribution < -0.4 is 14.4 Å². The Balaban J connectivity index is 1.54. The highest BCUT2D eigenvalue weighted by molar-refractivity contribution is 6.35. The predicted molar refractivity (Wildman–Crippen MR) is 144 cm³/mol. The fourth-order valence-electron chi connectivity index (χ4n) is 4.78. The molecule has 188 valence electrons. The van der Waals surface area contributed by atoms with E-state index in [4.69, 9.17) is 26.1 Å². The number of aromatic amines is 1. The summed E-state index contributed by atoms with van der Waals surface area (Å²) >= 11 is 6.85. The van der Waals surface area contributed by atoms with E-state index in [1.165, 1.54) is 25.9 Å². The van der Waals surface area contributed by atoms with Crippen molar-refractivity contribution in [3.63, 3.8) is 0 Å². The predicted octanol–water partition coefficient (Wildman–Crippen LogP) is 5.62. The van der Waals surface area contributed by atoms with Gasteiger partial charge in [0, 0.05) is 35.6 Å². The second-order valence-electron chi connectivity index (χ2n) is 9.05. The number of likely N-dealkylation sites (tertiary alicyclic amines) is 1. The van der Waals surface area contributed by atoms with Crippen molar-refractivity contribution < 1.29 is 9.47 Å². The van der Waals surface area contributed by atoms with Gasteiger partial charge in [0.1, 0.15) is 16.5 Å². The van der Waals surface area contributed by atoms with E-state index in [1.807, 2.05) is 19.1 Å². The molecule has 4 aromatic rings. The zero-order valence-corrected chi connectivity index (χ0v) is 21.7. The molecule has 0 radical (unpaired) electrons. The van der Waals surface area contributed by atoms with Gasteiger partial charge in [-0.05, 0) is 64.0 Å². The number of ether oxygens (including phenoxy) is 2.